The van der Waals surface area contributed by atoms with Gasteiger partial charge in [0.25, 0.3) is 0 Å². The van der Waals surface area contributed by atoms with E-state index in [1.165, 1.54) is 28.6 Å². The number of rotatable bonds is 6. The monoisotopic (exact) mass is 436 g/mol. The molecule has 2 aromatic rings. The zero-order chi connectivity index (χ0) is 22.1. The van der Waals surface area contributed by atoms with Crippen LogP contribution in [0.3, 0.4) is 0 Å². The van der Waals surface area contributed by atoms with E-state index in [-0.39, 0.29) is 35.8 Å². The fourth-order valence-electron chi connectivity index (χ4n) is 3.41. The fraction of sp³-hybridized carbons (Fsp3) is 0.450. The largest absolute Gasteiger partial charge is 0.454 e. The number of ketones is 1. The minimum absolute atomic E-state index is 0.0761. The Kier molecular flexibility index (Phi) is 6.39. The molecule has 0 N–H and O–H groups in total. The molecule has 162 valence electrons. The van der Waals surface area contributed by atoms with Crippen LogP contribution in [-0.2, 0) is 19.5 Å². The Hall–Kier alpha value is -2.56. The molecular weight excluding hydrogens is 412 g/mol. The van der Waals surface area contributed by atoms with E-state index in [4.69, 9.17) is 14.0 Å². The van der Waals surface area contributed by atoms with Gasteiger partial charge in [0.15, 0.2) is 6.61 Å². The van der Waals surface area contributed by atoms with Gasteiger partial charge in [-0.25, -0.2) is 13.2 Å². The van der Waals surface area contributed by atoms with Crippen LogP contribution in [0.15, 0.2) is 33.7 Å². The predicted molar refractivity (Wildman–Crippen MR) is 106 cm³/mol. The lowest BCUT2D eigenvalue weighted by Crippen LogP contribution is -2.48. The summed E-state index contributed by atoms with van der Waals surface area (Å²) in [5, 5.41) is 3.70. The highest BCUT2D eigenvalue weighted by Crippen LogP contribution is 2.22. The summed E-state index contributed by atoms with van der Waals surface area (Å²) in [6, 6.07) is 5.44. The Bertz CT molecular complexity index is 1010. The maximum absolute atomic E-state index is 12.9. The number of sulfonamides is 1. The van der Waals surface area contributed by atoms with Crippen molar-refractivity contribution in [2.75, 3.05) is 19.7 Å². The van der Waals surface area contributed by atoms with E-state index in [1.54, 1.807) is 13.8 Å². The Morgan fingerprint density at radius 2 is 1.73 bits per heavy atom. The molecular formula is C20H24N2O7S. The first-order chi connectivity index (χ1) is 14.1. The average molecular weight is 436 g/mol. The highest BCUT2D eigenvalue weighted by Gasteiger charge is 2.32. The molecule has 9 nitrogen and oxygen atoms in total. The fourth-order valence-corrected chi connectivity index (χ4v) is 5.00. The van der Waals surface area contributed by atoms with E-state index in [1.807, 2.05) is 13.8 Å². The minimum atomic E-state index is -3.71. The maximum atomic E-state index is 12.9. The van der Waals surface area contributed by atoms with Crippen LogP contribution < -0.4 is 0 Å². The van der Waals surface area contributed by atoms with Gasteiger partial charge >= 0.3 is 5.97 Å². The Morgan fingerprint density at radius 3 is 2.27 bits per heavy atom. The molecule has 1 aliphatic heterocycles. The molecule has 1 saturated heterocycles. The molecule has 1 aromatic carbocycles. The first-order valence-corrected chi connectivity index (χ1v) is 10.9. The zero-order valence-electron chi connectivity index (χ0n) is 17.2. The lowest BCUT2D eigenvalue weighted by Gasteiger charge is -2.34. The number of ether oxygens (including phenoxy) is 2. The van der Waals surface area contributed by atoms with Crippen molar-refractivity contribution in [2.24, 2.45) is 0 Å². The van der Waals surface area contributed by atoms with Gasteiger partial charge in [0.05, 0.1) is 33.9 Å². The molecule has 2 atom stereocenters. The van der Waals surface area contributed by atoms with Gasteiger partial charge in [0.2, 0.25) is 15.8 Å². The molecule has 10 heteroatoms. The third-order valence-corrected chi connectivity index (χ3v) is 6.61. The molecule has 0 radical (unpaired) electrons. The van der Waals surface area contributed by atoms with Gasteiger partial charge in [-0.05, 0) is 52.0 Å². The number of aryl methyl sites for hydroxylation is 2. The highest BCUT2D eigenvalue weighted by molar-refractivity contribution is 7.89. The number of benzene rings is 1. The van der Waals surface area contributed by atoms with Crippen LogP contribution in [0.5, 0.6) is 0 Å². The third kappa shape index (κ3) is 4.61. The van der Waals surface area contributed by atoms with Crippen molar-refractivity contribution >= 4 is 21.8 Å². The number of morpholine rings is 1. The highest BCUT2D eigenvalue weighted by atomic mass is 32.2. The van der Waals surface area contributed by atoms with Gasteiger partial charge in [0, 0.05) is 13.1 Å². The van der Waals surface area contributed by atoms with Crippen LogP contribution in [0, 0.1) is 13.8 Å². The SMILES string of the molecule is Cc1noc(C)c1C(=O)COC(=O)c1ccc(S(=O)(=O)N2C[C@@H](C)O[C@@H](C)C2)cc1. The quantitative estimate of drug-likeness (QED) is 0.499. The van der Waals surface area contributed by atoms with Crippen LogP contribution in [0.1, 0.15) is 46.0 Å². The third-order valence-electron chi connectivity index (χ3n) is 4.76. The van der Waals surface area contributed by atoms with Gasteiger partial charge in [0.1, 0.15) is 5.76 Å². The van der Waals surface area contributed by atoms with Crippen molar-refractivity contribution in [3.8, 4) is 0 Å². The molecule has 0 saturated carbocycles. The van der Waals surface area contributed by atoms with Crippen LogP contribution in [-0.4, -0.2) is 61.5 Å². The molecule has 0 bridgehead atoms. The second kappa shape index (κ2) is 8.66. The number of carbonyl (C=O) groups excluding carboxylic acids is 2. The number of hydrogen-bond acceptors (Lipinski definition) is 8. The summed E-state index contributed by atoms with van der Waals surface area (Å²) in [5.41, 5.74) is 0.859. The zero-order valence-corrected chi connectivity index (χ0v) is 18.1. The van der Waals surface area contributed by atoms with Crippen LogP contribution in [0.2, 0.25) is 0 Å². The molecule has 3 rings (SSSR count). The van der Waals surface area contributed by atoms with Crippen molar-refractivity contribution < 1.29 is 32.0 Å². The summed E-state index contributed by atoms with van der Waals surface area (Å²) in [5.74, 6) is -0.795. The first kappa shape index (κ1) is 22.1. The van der Waals surface area contributed by atoms with Crippen molar-refractivity contribution in [3.63, 3.8) is 0 Å². The van der Waals surface area contributed by atoms with Crippen LogP contribution in [0.25, 0.3) is 0 Å². The van der Waals surface area contributed by atoms with Crippen molar-refractivity contribution in [2.45, 2.75) is 44.8 Å². The van der Waals surface area contributed by atoms with Crippen molar-refractivity contribution in [3.05, 3.63) is 46.8 Å². The summed E-state index contributed by atoms with van der Waals surface area (Å²) in [4.78, 5) is 24.5. The molecule has 0 unspecified atom stereocenters. The number of aromatic nitrogens is 1. The number of Topliss-reactive ketones (excluding diaryl/α,β-unsaturated/α-hetero) is 1. The molecule has 2 heterocycles. The standard InChI is InChI=1S/C20H24N2O7S/c1-12-9-22(10-13(2)28-12)30(25,26)17-7-5-16(6-8-17)20(24)27-11-18(23)19-14(3)21-29-15(19)4/h5-8,12-13H,9-11H2,1-4H3/t12-,13+. The van der Waals surface area contributed by atoms with E-state index in [0.29, 0.717) is 17.0 Å². The second-order valence-electron chi connectivity index (χ2n) is 7.30. The number of nitrogens with zero attached hydrogens (tertiary/aromatic N) is 2. The smallest absolute Gasteiger partial charge is 0.338 e. The predicted octanol–water partition coefficient (Wildman–Crippen LogP) is 2.13. The van der Waals surface area contributed by atoms with E-state index in [9.17, 15) is 18.0 Å². The van der Waals surface area contributed by atoms with Crippen molar-refractivity contribution in [1.82, 2.24) is 9.46 Å². The van der Waals surface area contributed by atoms with E-state index < -0.39 is 28.4 Å². The molecule has 1 aliphatic rings. The maximum Gasteiger partial charge on any atom is 0.338 e. The van der Waals surface area contributed by atoms with Crippen LogP contribution >= 0.6 is 0 Å². The molecule has 0 spiro atoms. The molecule has 0 aliphatic carbocycles. The number of carbonyl (C=O) groups is 2. The first-order valence-electron chi connectivity index (χ1n) is 9.48. The topological polar surface area (TPSA) is 116 Å². The lowest BCUT2D eigenvalue weighted by molar-refractivity contribution is -0.0440. The van der Waals surface area contributed by atoms with E-state index >= 15 is 0 Å². The summed E-state index contributed by atoms with van der Waals surface area (Å²) in [6.07, 6.45) is -0.402. The average Bonchev–Trinajstić information content (AvgIpc) is 3.03. The summed E-state index contributed by atoms with van der Waals surface area (Å²) < 4.78 is 42.7. The van der Waals surface area contributed by atoms with Gasteiger partial charge in [-0.1, -0.05) is 5.16 Å². The molecule has 30 heavy (non-hydrogen) atoms. The van der Waals surface area contributed by atoms with Gasteiger partial charge < -0.3 is 14.0 Å². The summed E-state index contributed by atoms with van der Waals surface area (Å²) >= 11 is 0. The number of hydrogen-bond donors (Lipinski definition) is 0. The molecule has 0 amide bonds. The number of esters is 1. The normalized spacial score (nSPS) is 20.1. The second-order valence-corrected chi connectivity index (χ2v) is 9.24. The summed E-state index contributed by atoms with van der Waals surface area (Å²) in [6.45, 7) is 6.93. The Balaban J connectivity index is 1.66. The van der Waals surface area contributed by atoms with Crippen molar-refractivity contribution in [1.29, 1.82) is 0 Å². The lowest BCUT2D eigenvalue weighted by atomic mass is 10.1. The van der Waals surface area contributed by atoms with E-state index in [2.05, 4.69) is 5.16 Å². The Morgan fingerprint density at radius 1 is 1.13 bits per heavy atom. The summed E-state index contributed by atoms with van der Waals surface area (Å²) in [7, 11) is -3.71. The van der Waals surface area contributed by atoms with Gasteiger partial charge in [-0.3, -0.25) is 4.79 Å². The molecule has 1 aromatic heterocycles. The molecule has 1 fully saturated rings. The van der Waals surface area contributed by atoms with Gasteiger partial charge in [-0.2, -0.15) is 4.31 Å². The Labute approximate surface area is 175 Å². The minimum Gasteiger partial charge on any atom is -0.454 e. The van der Waals surface area contributed by atoms with Gasteiger partial charge in [-0.15, -0.1) is 0 Å². The van der Waals surface area contributed by atoms with Crippen LogP contribution in [0.4, 0.5) is 0 Å². The van der Waals surface area contributed by atoms with E-state index in [0.717, 1.165) is 0 Å².